The summed E-state index contributed by atoms with van der Waals surface area (Å²) in [6.45, 7) is 10.6. The number of aromatic amines is 1. The lowest BCUT2D eigenvalue weighted by atomic mass is 10.0. The first-order valence-corrected chi connectivity index (χ1v) is 14.1. The molecule has 0 radical (unpaired) electrons. The second-order valence-electron chi connectivity index (χ2n) is 10.3. The fourth-order valence-electron chi connectivity index (χ4n) is 5.40. The normalized spacial score (nSPS) is 13.9. The zero-order valence-corrected chi connectivity index (χ0v) is 24.2. The number of H-pyrrole nitrogens is 1. The summed E-state index contributed by atoms with van der Waals surface area (Å²) in [6, 6.07) is 26.7. The maximum absolute atomic E-state index is 6.19. The number of nitrogens with zero attached hydrogens (tertiary/aromatic N) is 3. The second-order valence-corrected chi connectivity index (χ2v) is 10.3. The van der Waals surface area contributed by atoms with E-state index in [4.69, 9.17) is 19.2 Å². The summed E-state index contributed by atoms with van der Waals surface area (Å²) < 4.78 is 18.1. The molecule has 0 saturated heterocycles. The Morgan fingerprint density at radius 3 is 2.69 bits per heavy atom. The highest BCUT2D eigenvalue weighted by molar-refractivity contribution is 5.82. The molecule has 0 spiro atoms. The summed E-state index contributed by atoms with van der Waals surface area (Å²) in [4.78, 5) is 14.9. The van der Waals surface area contributed by atoms with Crippen LogP contribution in [0.3, 0.4) is 0 Å². The van der Waals surface area contributed by atoms with E-state index in [1.807, 2.05) is 62.5 Å². The predicted octanol–water partition coefficient (Wildman–Crippen LogP) is 5.59. The Bertz CT molecular complexity index is 1880. The SMILES string of the molecule is C=c1c(OC)c(OCc2ccccc2)cc/c1=C(/N=C\C)N1CCOc2ccc(-c3ccc4nc(C)[nH]c4c3)cc2C1. The summed E-state index contributed by atoms with van der Waals surface area (Å²) in [7, 11) is 1.64. The molecule has 6 rings (SSSR count). The van der Waals surface area contributed by atoms with Crippen molar-refractivity contribution in [3.8, 4) is 28.4 Å². The number of rotatable bonds is 7. The molecule has 0 amide bonds. The van der Waals surface area contributed by atoms with Gasteiger partial charge in [-0.3, -0.25) is 0 Å². The van der Waals surface area contributed by atoms with Crippen LogP contribution in [0.1, 0.15) is 23.9 Å². The average Bonchev–Trinajstić information content (AvgIpc) is 3.25. The lowest BCUT2D eigenvalue weighted by Gasteiger charge is -2.23. The molecule has 0 atom stereocenters. The van der Waals surface area contributed by atoms with E-state index >= 15 is 0 Å². The number of benzene rings is 4. The number of aromatic nitrogens is 2. The summed E-state index contributed by atoms with van der Waals surface area (Å²) in [5, 5.41) is 1.61. The molecule has 212 valence electrons. The molecule has 2 heterocycles. The first-order valence-electron chi connectivity index (χ1n) is 14.1. The van der Waals surface area contributed by atoms with Crippen molar-refractivity contribution in [2.45, 2.75) is 27.0 Å². The van der Waals surface area contributed by atoms with E-state index in [1.165, 1.54) is 0 Å². The fraction of sp³-hybridized carbons (Fsp3) is 0.200. The van der Waals surface area contributed by atoms with Crippen molar-refractivity contribution in [3.05, 3.63) is 106 Å². The molecule has 0 bridgehead atoms. The zero-order chi connectivity index (χ0) is 29.1. The van der Waals surface area contributed by atoms with Crippen LogP contribution in [0.4, 0.5) is 0 Å². The average molecular weight is 559 g/mol. The van der Waals surface area contributed by atoms with Crippen LogP contribution in [0.2, 0.25) is 0 Å². The number of imidazole rings is 1. The molecule has 1 aliphatic heterocycles. The van der Waals surface area contributed by atoms with Gasteiger partial charge in [-0.15, -0.1) is 0 Å². The van der Waals surface area contributed by atoms with Gasteiger partial charge < -0.3 is 24.1 Å². The van der Waals surface area contributed by atoms with E-state index < -0.39 is 0 Å². The van der Waals surface area contributed by atoms with Gasteiger partial charge in [0.25, 0.3) is 0 Å². The van der Waals surface area contributed by atoms with Gasteiger partial charge in [0.15, 0.2) is 11.5 Å². The van der Waals surface area contributed by atoms with Crippen LogP contribution in [-0.4, -0.2) is 41.3 Å². The van der Waals surface area contributed by atoms with Crippen LogP contribution in [0, 0.1) is 6.92 Å². The molecule has 0 saturated carbocycles. The lowest BCUT2D eigenvalue weighted by Crippen LogP contribution is -2.35. The highest BCUT2D eigenvalue weighted by Crippen LogP contribution is 2.32. The predicted molar refractivity (Wildman–Crippen MR) is 168 cm³/mol. The van der Waals surface area contributed by atoms with Crippen LogP contribution in [0.5, 0.6) is 17.2 Å². The Labute approximate surface area is 245 Å². The fourth-order valence-corrected chi connectivity index (χ4v) is 5.40. The summed E-state index contributed by atoms with van der Waals surface area (Å²) in [6.07, 6.45) is 1.81. The molecule has 4 aromatic carbocycles. The summed E-state index contributed by atoms with van der Waals surface area (Å²) in [5.74, 6) is 3.85. The number of methoxy groups -OCH3 is 1. The van der Waals surface area contributed by atoms with Gasteiger partial charge in [-0.25, -0.2) is 9.98 Å². The Balaban J connectivity index is 1.35. The number of hydrogen-bond acceptors (Lipinski definition) is 6. The Morgan fingerprint density at radius 1 is 1.07 bits per heavy atom. The summed E-state index contributed by atoms with van der Waals surface area (Å²) >= 11 is 0. The molecule has 7 heteroatoms. The highest BCUT2D eigenvalue weighted by atomic mass is 16.5. The Kier molecular flexibility index (Phi) is 7.64. The van der Waals surface area contributed by atoms with Crippen LogP contribution in [0.25, 0.3) is 34.6 Å². The topological polar surface area (TPSA) is 72.0 Å². The molecule has 1 aliphatic rings. The maximum atomic E-state index is 6.19. The van der Waals surface area contributed by atoms with Crippen molar-refractivity contribution < 1.29 is 14.2 Å². The number of hydrogen-bond donors (Lipinski definition) is 1. The van der Waals surface area contributed by atoms with Crippen LogP contribution < -0.4 is 24.6 Å². The summed E-state index contributed by atoms with van der Waals surface area (Å²) in [5.41, 5.74) is 6.41. The second kappa shape index (κ2) is 11.8. The molecule has 0 unspecified atom stereocenters. The quantitative estimate of drug-likeness (QED) is 0.264. The first-order chi connectivity index (χ1) is 20.5. The molecular formula is C35H34N4O3. The van der Waals surface area contributed by atoms with Gasteiger partial charge in [0.2, 0.25) is 0 Å². The molecular weight excluding hydrogens is 524 g/mol. The molecule has 1 N–H and O–H groups in total. The van der Waals surface area contributed by atoms with Gasteiger partial charge >= 0.3 is 0 Å². The molecule has 0 fully saturated rings. The van der Waals surface area contributed by atoms with Crippen LogP contribution in [-0.2, 0) is 13.2 Å². The molecule has 5 aromatic rings. The van der Waals surface area contributed by atoms with E-state index in [0.29, 0.717) is 37.8 Å². The largest absolute Gasteiger partial charge is 0.492 e. The third-order valence-corrected chi connectivity index (χ3v) is 7.43. The minimum atomic E-state index is 0.440. The van der Waals surface area contributed by atoms with Crippen molar-refractivity contribution in [1.82, 2.24) is 14.9 Å². The maximum Gasteiger partial charge on any atom is 0.168 e. The number of aryl methyl sites for hydroxylation is 1. The standard InChI is InChI=1S/C35H34N4O3/c1-5-36-35(29-13-16-33(34(40-4)23(29)2)42-22-25-9-7-6-8-10-25)39-17-18-41-32-15-12-26(19-28(32)21-39)27-11-14-30-31(20-27)38-24(3)37-30/h5-16,19-20H,2,17-18,21-22H2,1,3-4H3,(H,37,38)/b35-29+,36-5-. The van der Waals surface area contributed by atoms with Crippen molar-refractivity contribution in [1.29, 1.82) is 0 Å². The van der Waals surface area contributed by atoms with E-state index in [9.17, 15) is 0 Å². The van der Waals surface area contributed by atoms with Gasteiger partial charge in [-0.2, -0.15) is 0 Å². The highest BCUT2D eigenvalue weighted by Gasteiger charge is 2.20. The Hall–Kier alpha value is -5.04. The van der Waals surface area contributed by atoms with Gasteiger partial charge in [0.1, 0.15) is 30.6 Å². The monoisotopic (exact) mass is 558 g/mol. The minimum Gasteiger partial charge on any atom is -0.492 e. The van der Waals surface area contributed by atoms with Gasteiger partial charge in [0, 0.05) is 28.8 Å². The number of fused-ring (bicyclic) bond motifs is 2. The lowest BCUT2D eigenvalue weighted by molar-refractivity contribution is 0.279. The molecule has 0 aliphatic carbocycles. The van der Waals surface area contributed by atoms with Gasteiger partial charge in [-0.1, -0.05) is 49.0 Å². The first kappa shape index (κ1) is 27.1. The van der Waals surface area contributed by atoms with Crippen molar-refractivity contribution in [2.24, 2.45) is 4.99 Å². The van der Waals surface area contributed by atoms with E-state index in [-0.39, 0.29) is 0 Å². The van der Waals surface area contributed by atoms with Crippen molar-refractivity contribution >= 4 is 29.6 Å². The third kappa shape index (κ3) is 5.46. The molecule has 7 nitrogen and oxygen atoms in total. The van der Waals surface area contributed by atoms with E-state index in [1.54, 1.807) is 7.11 Å². The van der Waals surface area contributed by atoms with Crippen molar-refractivity contribution in [3.63, 3.8) is 0 Å². The smallest absolute Gasteiger partial charge is 0.168 e. The molecule has 1 aromatic heterocycles. The zero-order valence-electron chi connectivity index (χ0n) is 24.2. The van der Waals surface area contributed by atoms with Gasteiger partial charge in [0.05, 0.1) is 24.7 Å². The minimum absolute atomic E-state index is 0.440. The van der Waals surface area contributed by atoms with E-state index in [0.717, 1.165) is 61.1 Å². The Morgan fingerprint density at radius 2 is 1.88 bits per heavy atom. The number of nitrogens with one attached hydrogen (secondary N) is 1. The van der Waals surface area contributed by atoms with E-state index in [2.05, 4.69) is 57.8 Å². The van der Waals surface area contributed by atoms with Gasteiger partial charge in [-0.05, 0) is 66.9 Å². The van der Waals surface area contributed by atoms with Crippen LogP contribution in [0.15, 0.2) is 83.9 Å². The van der Waals surface area contributed by atoms with Crippen LogP contribution >= 0.6 is 0 Å². The molecule has 42 heavy (non-hydrogen) atoms. The number of aliphatic imine (C=N–C) groups is 1. The van der Waals surface area contributed by atoms with Crippen molar-refractivity contribution in [2.75, 3.05) is 20.3 Å². The number of ether oxygens (including phenoxy) is 3. The third-order valence-electron chi connectivity index (χ3n) is 7.43.